The lowest BCUT2D eigenvalue weighted by Gasteiger charge is -2.10. The largest absolute Gasteiger partial charge is 0.488 e. The lowest BCUT2D eigenvalue weighted by atomic mass is 10.1. The maximum Gasteiger partial charge on any atom is 0.192 e. The van der Waals surface area contributed by atoms with Crippen molar-refractivity contribution in [3.05, 3.63) is 86.8 Å². The van der Waals surface area contributed by atoms with Crippen molar-refractivity contribution in [2.24, 2.45) is 10.2 Å². The summed E-state index contributed by atoms with van der Waals surface area (Å²) in [6.45, 7) is 2.56. The Bertz CT molecular complexity index is 1140. The summed E-state index contributed by atoms with van der Waals surface area (Å²) in [5.41, 5.74) is 3.19. The van der Waals surface area contributed by atoms with Crippen molar-refractivity contribution in [1.82, 2.24) is 4.98 Å². The normalized spacial score (nSPS) is 10.9. The molecule has 31 heavy (non-hydrogen) atoms. The Hall–Kier alpha value is -3.15. The predicted octanol–water partition coefficient (Wildman–Crippen LogP) is 6.17. The van der Waals surface area contributed by atoms with Gasteiger partial charge in [-0.25, -0.2) is 9.37 Å². The number of halogens is 2. The van der Waals surface area contributed by atoms with Gasteiger partial charge in [-0.15, -0.1) is 5.11 Å². The van der Waals surface area contributed by atoms with E-state index in [4.69, 9.17) is 9.47 Å². The molecule has 0 atom stereocenters. The lowest BCUT2D eigenvalue weighted by Crippen LogP contribution is -1.99. The van der Waals surface area contributed by atoms with E-state index in [0.29, 0.717) is 30.0 Å². The van der Waals surface area contributed by atoms with E-state index in [1.165, 1.54) is 6.07 Å². The smallest absolute Gasteiger partial charge is 0.192 e. The summed E-state index contributed by atoms with van der Waals surface area (Å²) < 4.78 is 25.3. The van der Waals surface area contributed by atoms with E-state index in [1.807, 2.05) is 19.1 Å². The van der Waals surface area contributed by atoms with Gasteiger partial charge in [-0.3, -0.25) is 0 Å². The van der Waals surface area contributed by atoms with Crippen LogP contribution in [0.15, 0.2) is 63.2 Å². The van der Waals surface area contributed by atoms with Gasteiger partial charge in [-0.05, 0) is 52.7 Å². The van der Waals surface area contributed by atoms with Crippen LogP contribution in [-0.2, 0) is 24.5 Å². The minimum absolute atomic E-state index is 0.129. The quantitative estimate of drug-likeness (QED) is 0.359. The van der Waals surface area contributed by atoms with E-state index < -0.39 is 0 Å². The minimum Gasteiger partial charge on any atom is -0.488 e. The molecule has 0 aliphatic heterocycles. The topological polar surface area (TPSA) is 79.9 Å². The molecule has 1 heterocycles. The summed E-state index contributed by atoms with van der Waals surface area (Å²) in [5.74, 6) is 0.574. The maximum atomic E-state index is 13.7. The second kappa shape index (κ2) is 10.8. The zero-order chi connectivity index (χ0) is 22.2. The van der Waals surface area contributed by atoms with E-state index in [9.17, 15) is 9.65 Å². The minimum atomic E-state index is -0.300. The fourth-order valence-electron chi connectivity index (χ4n) is 2.90. The Kier molecular flexibility index (Phi) is 7.82. The van der Waals surface area contributed by atoms with E-state index in [0.717, 1.165) is 21.3 Å². The molecule has 0 radical (unpaired) electrons. The fourth-order valence-corrected chi connectivity index (χ4v) is 3.44. The third kappa shape index (κ3) is 5.94. The van der Waals surface area contributed by atoms with Gasteiger partial charge >= 0.3 is 0 Å². The van der Waals surface area contributed by atoms with Crippen LogP contribution in [0.25, 0.3) is 0 Å². The molecule has 0 saturated carbocycles. The van der Waals surface area contributed by atoms with Crippen molar-refractivity contribution in [2.75, 3.05) is 7.11 Å². The van der Waals surface area contributed by atoms with Gasteiger partial charge in [0.15, 0.2) is 5.82 Å². The van der Waals surface area contributed by atoms with Crippen LogP contribution in [0, 0.1) is 24.1 Å². The van der Waals surface area contributed by atoms with E-state index in [1.54, 1.807) is 37.4 Å². The Morgan fingerprint density at radius 1 is 1.13 bits per heavy atom. The summed E-state index contributed by atoms with van der Waals surface area (Å²) in [6.07, 6.45) is 0. The van der Waals surface area contributed by atoms with Gasteiger partial charge in [0, 0.05) is 23.9 Å². The van der Waals surface area contributed by atoms with Crippen LogP contribution >= 0.6 is 15.9 Å². The van der Waals surface area contributed by atoms with Crippen LogP contribution < -0.4 is 4.74 Å². The van der Waals surface area contributed by atoms with Crippen molar-refractivity contribution < 1.29 is 13.9 Å². The van der Waals surface area contributed by atoms with Crippen LogP contribution in [0.4, 0.5) is 10.2 Å². The molecular weight excluding hydrogens is 463 g/mol. The molecule has 0 saturated heterocycles. The summed E-state index contributed by atoms with van der Waals surface area (Å²) in [4.78, 5) is 4.31. The second-order valence-corrected chi connectivity index (χ2v) is 7.56. The molecule has 8 heteroatoms. The maximum absolute atomic E-state index is 13.7. The highest BCUT2D eigenvalue weighted by atomic mass is 79.9. The highest BCUT2D eigenvalue weighted by molar-refractivity contribution is 9.10. The zero-order valence-electron chi connectivity index (χ0n) is 17.1. The lowest BCUT2D eigenvalue weighted by molar-refractivity contribution is 0.184. The Labute approximate surface area is 188 Å². The summed E-state index contributed by atoms with van der Waals surface area (Å²) in [6, 6.07) is 15.9. The average molecular weight is 483 g/mol. The van der Waals surface area contributed by atoms with Crippen LogP contribution in [0.2, 0.25) is 0 Å². The van der Waals surface area contributed by atoms with Gasteiger partial charge in [-0.1, -0.05) is 24.3 Å². The molecule has 0 fully saturated rings. The molecule has 0 amide bonds. The van der Waals surface area contributed by atoms with Gasteiger partial charge in [0.2, 0.25) is 0 Å². The molecule has 0 spiro atoms. The van der Waals surface area contributed by atoms with Gasteiger partial charge in [-0.2, -0.15) is 10.4 Å². The van der Waals surface area contributed by atoms with Crippen molar-refractivity contribution in [2.45, 2.75) is 26.7 Å². The highest BCUT2D eigenvalue weighted by Gasteiger charge is 2.11. The Morgan fingerprint density at radius 2 is 1.94 bits per heavy atom. The van der Waals surface area contributed by atoms with Crippen molar-refractivity contribution >= 4 is 21.7 Å². The average Bonchev–Trinajstić information content (AvgIpc) is 2.74. The number of hydrogen-bond acceptors (Lipinski definition) is 6. The van der Waals surface area contributed by atoms with Crippen LogP contribution in [0.3, 0.4) is 0 Å². The number of nitriles is 1. The molecule has 0 bridgehead atoms. The molecular formula is C23H20BrFN4O2. The van der Waals surface area contributed by atoms with Gasteiger partial charge in [0.05, 0.1) is 17.6 Å². The van der Waals surface area contributed by atoms with Crippen LogP contribution in [0.5, 0.6) is 5.75 Å². The number of hydrogen-bond donors (Lipinski definition) is 0. The molecule has 2 aromatic carbocycles. The Morgan fingerprint density at radius 3 is 2.65 bits per heavy atom. The third-order valence-corrected chi connectivity index (χ3v) is 5.00. The molecule has 6 nitrogen and oxygen atoms in total. The second-order valence-electron chi connectivity index (χ2n) is 6.71. The SMILES string of the molecule is COCc1cc(C)nc(N=NCc2ccc(OCc3ccccc3F)c(Br)c2)c1C#N. The predicted molar refractivity (Wildman–Crippen MR) is 117 cm³/mol. The molecule has 1 aromatic heterocycles. The number of rotatable bonds is 8. The molecule has 3 rings (SSSR count). The van der Waals surface area contributed by atoms with Gasteiger partial charge < -0.3 is 9.47 Å². The number of pyridine rings is 1. The summed E-state index contributed by atoms with van der Waals surface area (Å²) in [5, 5.41) is 17.8. The Balaban J connectivity index is 1.69. The number of aryl methyl sites for hydroxylation is 1. The number of methoxy groups -OCH3 is 1. The molecule has 0 aliphatic carbocycles. The number of nitrogens with zero attached hydrogens (tertiary/aromatic N) is 4. The molecule has 3 aromatic rings. The monoisotopic (exact) mass is 482 g/mol. The first kappa shape index (κ1) is 22.5. The summed E-state index contributed by atoms with van der Waals surface area (Å²) in [7, 11) is 1.57. The first-order valence-corrected chi connectivity index (χ1v) is 10.2. The van der Waals surface area contributed by atoms with E-state index >= 15 is 0 Å². The zero-order valence-corrected chi connectivity index (χ0v) is 18.7. The van der Waals surface area contributed by atoms with E-state index in [-0.39, 0.29) is 18.2 Å². The van der Waals surface area contributed by atoms with Crippen molar-refractivity contribution in [3.8, 4) is 11.8 Å². The standard InChI is InChI=1S/C23H20BrFN4O2/c1-15-9-18(13-30-2)19(11-26)23(28-15)29-27-12-16-7-8-22(20(24)10-16)31-14-17-5-3-4-6-21(17)25/h3-10H,12-14H2,1-2H3. The number of benzene rings is 2. The first-order valence-electron chi connectivity index (χ1n) is 9.43. The van der Waals surface area contributed by atoms with Crippen LogP contribution in [0.1, 0.15) is 27.9 Å². The van der Waals surface area contributed by atoms with Crippen molar-refractivity contribution in [3.63, 3.8) is 0 Å². The van der Waals surface area contributed by atoms with Gasteiger partial charge in [0.1, 0.15) is 29.8 Å². The third-order valence-electron chi connectivity index (χ3n) is 4.38. The molecule has 158 valence electrons. The van der Waals surface area contributed by atoms with Gasteiger partial charge in [0.25, 0.3) is 0 Å². The number of azo groups is 1. The van der Waals surface area contributed by atoms with Crippen molar-refractivity contribution in [1.29, 1.82) is 5.26 Å². The van der Waals surface area contributed by atoms with Crippen LogP contribution in [-0.4, -0.2) is 12.1 Å². The molecule has 0 aliphatic rings. The molecule has 0 N–H and O–H groups in total. The molecule has 0 unspecified atom stereocenters. The number of ether oxygens (including phenoxy) is 2. The van der Waals surface area contributed by atoms with E-state index in [2.05, 4.69) is 37.2 Å². The first-order chi connectivity index (χ1) is 15.0. The fraction of sp³-hybridized carbons (Fsp3) is 0.217. The highest BCUT2D eigenvalue weighted by Crippen LogP contribution is 2.28. The summed E-state index contributed by atoms with van der Waals surface area (Å²) >= 11 is 3.47. The number of aromatic nitrogens is 1.